The van der Waals surface area contributed by atoms with E-state index in [4.69, 9.17) is 0 Å². The molecule has 0 fully saturated rings. The number of hydrogen-bond donors (Lipinski definition) is 1. The summed E-state index contributed by atoms with van der Waals surface area (Å²) in [5.74, 6) is -1.71. The Morgan fingerprint density at radius 2 is 1.61 bits per heavy atom. The lowest BCUT2D eigenvalue weighted by Crippen LogP contribution is -2.29. The monoisotopic (exact) mass is 775 g/mol. The van der Waals surface area contributed by atoms with Crippen LogP contribution in [0.2, 0.25) is 0 Å². The van der Waals surface area contributed by atoms with E-state index in [1.54, 1.807) is 30.3 Å². The fourth-order valence-corrected chi connectivity index (χ4v) is 7.91. The number of fused-ring (bicyclic) bond motifs is 2. The van der Waals surface area contributed by atoms with Crippen LogP contribution in [-0.2, 0) is 4.79 Å². The lowest BCUT2D eigenvalue weighted by molar-refractivity contribution is -0.113. The van der Waals surface area contributed by atoms with Crippen molar-refractivity contribution in [3.63, 3.8) is 0 Å². The largest absolute Gasteiger partial charge is 0.323 e. The number of hydrogen-bond acceptors (Lipinski definition) is 6. The highest BCUT2D eigenvalue weighted by atomic mass is 79.9. The molecule has 6 nitrogen and oxygen atoms in total. The highest BCUT2D eigenvalue weighted by Crippen LogP contribution is 2.46. The first-order valence-electron chi connectivity index (χ1n) is 10.00. The number of para-hydroxylation sites is 1. The highest BCUT2D eigenvalue weighted by Gasteiger charge is 2.42. The lowest BCUT2D eigenvalue weighted by atomic mass is 10.1. The van der Waals surface area contributed by atoms with E-state index in [0.29, 0.717) is 33.4 Å². The molecule has 0 radical (unpaired) electrons. The molecule has 0 bridgehead atoms. The van der Waals surface area contributed by atoms with Crippen molar-refractivity contribution in [3.05, 3.63) is 77.3 Å². The molecule has 1 aromatic heterocycles. The Balaban J connectivity index is 1.37. The maximum atomic E-state index is 13.8. The second-order valence-corrected chi connectivity index (χ2v) is 12.8. The molecule has 1 aliphatic heterocycles. The summed E-state index contributed by atoms with van der Waals surface area (Å²) < 4.78 is 17.3. The molecule has 13 heteroatoms. The van der Waals surface area contributed by atoms with Crippen LogP contribution in [0.1, 0.15) is 20.7 Å². The standard InChI is InChI=1S/C23H10Br4FN3O3S2/c24-17-15-16(18(25)20(27)19(17)26)22(34)31(21(15)33)9-5-6-12-13(7-9)36-23(30-12)35-8-14(32)29-11-4-2-1-3-10(11)28/h1-7H,8H2,(H,29,32). The minimum atomic E-state index is -0.504. The van der Waals surface area contributed by atoms with Gasteiger partial charge in [-0.2, -0.15) is 0 Å². The van der Waals surface area contributed by atoms with Crippen molar-refractivity contribution in [2.45, 2.75) is 4.34 Å². The normalized spacial score (nSPS) is 13.0. The number of thioether (sulfide) groups is 1. The number of carbonyl (C=O) groups is 3. The van der Waals surface area contributed by atoms with Crippen molar-refractivity contribution in [2.75, 3.05) is 16.0 Å². The van der Waals surface area contributed by atoms with Crippen LogP contribution in [-0.4, -0.2) is 28.5 Å². The summed E-state index contributed by atoms with van der Waals surface area (Å²) in [6.07, 6.45) is 0. The molecule has 1 aliphatic rings. The van der Waals surface area contributed by atoms with Gasteiger partial charge >= 0.3 is 0 Å². The maximum Gasteiger partial charge on any atom is 0.267 e. The van der Waals surface area contributed by atoms with E-state index in [0.717, 1.165) is 9.60 Å². The molecule has 0 unspecified atom stereocenters. The predicted molar refractivity (Wildman–Crippen MR) is 154 cm³/mol. The first kappa shape index (κ1) is 26.0. The Labute approximate surface area is 245 Å². The molecule has 0 saturated carbocycles. The van der Waals surface area contributed by atoms with Gasteiger partial charge in [0, 0.05) is 17.9 Å². The van der Waals surface area contributed by atoms with Gasteiger partial charge in [0.25, 0.3) is 11.8 Å². The Morgan fingerprint density at radius 3 is 2.25 bits per heavy atom. The summed E-state index contributed by atoms with van der Waals surface area (Å²) in [6, 6.07) is 11.1. The molecule has 3 aromatic carbocycles. The Kier molecular flexibility index (Phi) is 7.40. The third-order valence-electron chi connectivity index (χ3n) is 5.19. The number of anilines is 2. The number of aromatic nitrogens is 1. The molecule has 0 atom stereocenters. The molecule has 182 valence electrons. The summed E-state index contributed by atoms with van der Waals surface area (Å²) in [5.41, 5.74) is 1.74. The second-order valence-electron chi connectivity index (χ2n) is 7.40. The quantitative estimate of drug-likeness (QED) is 0.0962. The fourth-order valence-electron chi connectivity index (χ4n) is 3.55. The first-order chi connectivity index (χ1) is 17.2. The number of thiazole rings is 1. The summed E-state index contributed by atoms with van der Waals surface area (Å²) in [5, 5.41) is 2.54. The number of nitrogens with one attached hydrogen (secondary N) is 1. The minimum Gasteiger partial charge on any atom is -0.323 e. The summed E-state index contributed by atoms with van der Waals surface area (Å²) >= 11 is 16.2. The third kappa shape index (κ3) is 4.58. The molecule has 2 heterocycles. The summed E-state index contributed by atoms with van der Waals surface area (Å²) in [4.78, 5) is 44.4. The molecule has 1 N–H and O–H groups in total. The molecule has 36 heavy (non-hydrogen) atoms. The molecule has 4 aromatic rings. The van der Waals surface area contributed by atoms with E-state index in [1.165, 1.54) is 35.2 Å². The zero-order valence-corrected chi connectivity index (χ0v) is 25.6. The molecular formula is C23H10Br4FN3O3S2. The average molecular weight is 779 g/mol. The highest BCUT2D eigenvalue weighted by molar-refractivity contribution is 9.15. The molecule has 0 spiro atoms. The van der Waals surface area contributed by atoms with Gasteiger partial charge in [0.1, 0.15) is 5.82 Å². The second kappa shape index (κ2) is 10.3. The van der Waals surface area contributed by atoms with Crippen LogP contribution in [0.4, 0.5) is 15.8 Å². The van der Waals surface area contributed by atoms with E-state index >= 15 is 0 Å². The third-order valence-corrected chi connectivity index (χ3v) is 12.1. The Hall–Kier alpha value is -1.64. The number of rotatable bonds is 5. The first-order valence-corrected chi connectivity index (χ1v) is 15.0. The van der Waals surface area contributed by atoms with Crippen LogP contribution < -0.4 is 10.2 Å². The van der Waals surface area contributed by atoms with E-state index in [1.807, 2.05) is 0 Å². The average Bonchev–Trinajstić information content (AvgIpc) is 3.38. The van der Waals surface area contributed by atoms with Gasteiger partial charge in [0.15, 0.2) is 4.34 Å². The van der Waals surface area contributed by atoms with Gasteiger partial charge in [0.05, 0.1) is 38.5 Å². The van der Waals surface area contributed by atoms with Crippen molar-refractivity contribution in [1.29, 1.82) is 0 Å². The van der Waals surface area contributed by atoms with Gasteiger partial charge in [0.2, 0.25) is 5.91 Å². The zero-order valence-electron chi connectivity index (χ0n) is 17.6. The van der Waals surface area contributed by atoms with Crippen molar-refractivity contribution in [3.8, 4) is 0 Å². The Bertz CT molecular complexity index is 1560. The van der Waals surface area contributed by atoms with Crippen LogP contribution in [0.3, 0.4) is 0 Å². The Morgan fingerprint density at radius 1 is 0.972 bits per heavy atom. The number of imide groups is 1. The molecular weight excluding hydrogens is 769 g/mol. The summed E-state index contributed by atoms with van der Waals surface area (Å²) in [6.45, 7) is 0. The number of benzene rings is 3. The van der Waals surface area contributed by atoms with E-state index in [9.17, 15) is 18.8 Å². The maximum absolute atomic E-state index is 13.8. The van der Waals surface area contributed by atoms with Gasteiger partial charge in [-0.15, -0.1) is 11.3 Å². The van der Waals surface area contributed by atoms with Gasteiger partial charge in [-0.05, 0) is 94.1 Å². The molecule has 0 saturated heterocycles. The van der Waals surface area contributed by atoms with Crippen molar-refractivity contribution in [2.24, 2.45) is 0 Å². The molecule has 5 rings (SSSR count). The smallest absolute Gasteiger partial charge is 0.267 e. The topological polar surface area (TPSA) is 79.4 Å². The number of amides is 3. The van der Waals surface area contributed by atoms with Crippen LogP contribution >= 0.6 is 86.8 Å². The number of nitrogens with zero attached hydrogens (tertiary/aromatic N) is 2. The fraction of sp³-hybridized carbons (Fsp3) is 0.0435. The van der Waals surface area contributed by atoms with Crippen LogP contribution in [0.25, 0.3) is 10.2 Å². The van der Waals surface area contributed by atoms with Crippen molar-refractivity contribution < 1.29 is 18.8 Å². The number of halogens is 5. The minimum absolute atomic E-state index is 0.0469. The van der Waals surface area contributed by atoms with E-state index in [2.05, 4.69) is 74.0 Å². The lowest BCUT2D eigenvalue weighted by Gasteiger charge is -2.13. The van der Waals surface area contributed by atoms with E-state index < -0.39 is 17.6 Å². The van der Waals surface area contributed by atoms with Crippen LogP contribution in [0, 0.1) is 5.82 Å². The molecule has 0 aliphatic carbocycles. The predicted octanol–water partition coefficient (Wildman–Crippen LogP) is 8.02. The number of carbonyl (C=O) groups excluding carboxylic acids is 3. The van der Waals surface area contributed by atoms with Crippen molar-refractivity contribution >= 4 is 126 Å². The zero-order chi connectivity index (χ0) is 25.7. The van der Waals surface area contributed by atoms with Crippen LogP contribution in [0.5, 0.6) is 0 Å². The van der Waals surface area contributed by atoms with Crippen molar-refractivity contribution in [1.82, 2.24) is 4.98 Å². The van der Waals surface area contributed by atoms with Gasteiger partial charge in [-0.1, -0.05) is 23.9 Å². The summed E-state index contributed by atoms with van der Waals surface area (Å²) in [7, 11) is 0. The van der Waals surface area contributed by atoms with Gasteiger partial charge < -0.3 is 5.32 Å². The van der Waals surface area contributed by atoms with Gasteiger partial charge in [-0.25, -0.2) is 14.3 Å². The SMILES string of the molecule is O=C(CSc1nc2ccc(N3C(=O)c4c(Br)c(Br)c(Br)c(Br)c4C3=O)cc2s1)Nc1ccccc1F. The van der Waals surface area contributed by atoms with Crippen LogP contribution in [0.15, 0.2) is 64.7 Å². The molecule has 3 amide bonds. The van der Waals surface area contributed by atoms with E-state index in [-0.39, 0.29) is 28.5 Å². The van der Waals surface area contributed by atoms with Gasteiger partial charge in [-0.3, -0.25) is 14.4 Å².